The monoisotopic (exact) mass is 472 g/mol. The van der Waals surface area contributed by atoms with E-state index < -0.39 is 23.8 Å². The molecule has 31 heavy (non-hydrogen) atoms. The van der Waals surface area contributed by atoms with Gasteiger partial charge in [-0.3, -0.25) is 4.79 Å². The molecule has 0 aromatic heterocycles. The molecule has 2 fully saturated rings. The van der Waals surface area contributed by atoms with Gasteiger partial charge in [0.25, 0.3) is 0 Å². The third-order valence-electron chi connectivity index (χ3n) is 4.06. The first-order chi connectivity index (χ1) is 14.1. The van der Waals surface area contributed by atoms with Crippen molar-refractivity contribution in [2.45, 2.75) is 65.2 Å². The summed E-state index contributed by atoms with van der Waals surface area (Å²) < 4.78 is 5.24. The van der Waals surface area contributed by atoms with Crippen LogP contribution in [0.15, 0.2) is 0 Å². The molecule has 6 nitrogen and oxygen atoms in total. The van der Waals surface area contributed by atoms with Gasteiger partial charge < -0.3 is 20.5 Å². The number of alkyl carbamates (subject to hydrolysis) is 1. The number of carbonyl (C=O) groups is 2. The first-order valence-corrected chi connectivity index (χ1v) is 10.4. The van der Waals surface area contributed by atoms with Gasteiger partial charge in [0.1, 0.15) is 5.60 Å². The smallest absolute Gasteiger partial charge is 0.444 e. The van der Waals surface area contributed by atoms with Crippen molar-refractivity contribution in [1.29, 1.82) is 0 Å². The van der Waals surface area contributed by atoms with Gasteiger partial charge in [-0.05, 0) is 90.9 Å². The van der Waals surface area contributed by atoms with Crippen molar-refractivity contribution in [2.24, 2.45) is 5.92 Å². The first kappa shape index (κ1) is 30.2. The molecule has 3 N–H and O–H groups in total. The fourth-order valence-corrected chi connectivity index (χ4v) is 2.74. The zero-order chi connectivity index (χ0) is 22.6. The molecule has 2 aliphatic rings. The second-order valence-electron chi connectivity index (χ2n) is 8.69. The minimum atomic E-state index is -0.977. The Kier molecular flexibility index (Phi) is 15.5. The van der Waals surface area contributed by atoms with Crippen molar-refractivity contribution in [3.63, 3.8) is 0 Å². The maximum Gasteiger partial charge on any atom is 2.00 e. The van der Waals surface area contributed by atoms with Gasteiger partial charge in [-0.2, -0.15) is 0 Å². The molecule has 0 saturated heterocycles. The number of ether oxygens (including phenoxy) is 1. The minimum Gasteiger partial charge on any atom is -0.444 e. The topological polar surface area (TPSA) is 87.7 Å². The predicted octanol–water partition coefficient (Wildman–Crippen LogP) is 3.22. The summed E-state index contributed by atoms with van der Waals surface area (Å²) in [7, 11) is 0. The molecular weight excluding hydrogens is 436 g/mol. The number of amides is 2. The molecule has 2 amide bonds. The van der Waals surface area contributed by atoms with Crippen molar-refractivity contribution in [3.05, 3.63) is 63.7 Å². The van der Waals surface area contributed by atoms with Crippen LogP contribution in [0.3, 0.4) is 0 Å². The number of rotatable bonds is 8. The maximum atomic E-state index is 12.0. The third kappa shape index (κ3) is 15.6. The summed E-state index contributed by atoms with van der Waals surface area (Å²) in [6, 6.07) is -0.542. The van der Waals surface area contributed by atoms with Crippen LogP contribution in [-0.4, -0.2) is 41.4 Å². The number of nitrogens with one attached hydrogen (secondary N) is 2. The second-order valence-corrected chi connectivity index (χ2v) is 8.69. The zero-order valence-corrected chi connectivity index (χ0v) is 20.2. The normalized spacial score (nSPS) is 18.4. The van der Waals surface area contributed by atoms with E-state index in [0.717, 1.165) is 5.92 Å². The Balaban J connectivity index is 0.00000131. The van der Waals surface area contributed by atoms with Crippen molar-refractivity contribution in [2.75, 3.05) is 6.54 Å². The quantitative estimate of drug-likeness (QED) is 0.474. The van der Waals surface area contributed by atoms with Gasteiger partial charge in [0.15, 0.2) is 0 Å². The van der Waals surface area contributed by atoms with Crippen LogP contribution in [0.1, 0.15) is 47.5 Å². The van der Waals surface area contributed by atoms with Gasteiger partial charge in [-0.25, -0.2) is 4.79 Å². The molecule has 0 spiro atoms. The Bertz CT molecular complexity index is 491. The third-order valence-corrected chi connectivity index (χ3v) is 4.06. The van der Waals surface area contributed by atoms with Gasteiger partial charge in [0, 0.05) is 12.5 Å². The molecule has 0 aliphatic heterocycles. The second kappa shape index (κ2) is 15.9. The van der Waals surface area contributed by atoms with Crippen LogP contribution in [0, 0.1) is 69.6 Å². The van der Waals surface area contributed by atoms with Crippen molar-refractivity contribution < 1.29 is 36.5 Å². The molecule has 2 atom stereocenters. The summed E-state index contributed by atoms with van der Waals surface area (Å²) >= 11 is 0. The molecule has 0 unspecified atom stereocenters. The van der Waals surface area contributed by atoms with Crippen LogP contribution in [0.25, 0.3) is 0 Å². The molecule has 0 bridgehead atoms. The summed E-state index contributed by atoms with van der Waals surface area (Å²) in [5, 5.41) is 15.9. The Hall–Kier alpha value is -0.781. The molecule has 7 heteroatoms. The number of aliphatic hydroxyl groups is 1. The van der Waals surface area contributed by atoms with E-state index in [1.807, 2.05) is 71.6 Å². The molecule has 0 aromatic rings. The zero-order valence-electron chi connectivity index (χ0n) is 19.1. The van der Waals surface area contributed by atoms with E-state index >= 15 is 0 Å². The Morgan fingerprint density at radius 2 is 1.52 bits per heavy atom. The number of aliphatic hydroxyl groups excluding tert-OH is 1. The first-order valence-electron chi connectivity index (χ1n) is 10.4. The van der Waals surface area contributed by atoms with Gasteiger partial charge in [-0.1, -0.05) is 13.8 Å². The van der Waals surface area contributed by atoms with E-state index in [9.17, 15) is 14.7 Å². The number of hydrogen-bond acceptors (Lipinski definition) is 4. The average Bonchev–Trinajstić information content (AvgIpc) is 3.33. The minimum absolute atomic E-state index is 0. The van der Waals surface area contributed by atoms with Crippen LogP contribution in [-0.2, 0) is 26.6 Å². The molecular formula is C24H36FeN2O4+2. The van der Waals surface area contributed by atoms with Gasteiger partial charge >= 0.3 is 23.2 Å². The van der Waals surface area contributed by atoms with Crippen molar-refractivity contribution in [3.8, 4) is 0 Å². The Morgan fingerprint density at radius 3 is 1.97 bits per heavy atom. The van der Waals surface area contributed by atoms with Crippen molar-refractivity contribution >= 4 is 12.0 Å². The van der Waals surface area contributed by atoms with E-state index in [0.29, 0.717) is 13.0 Å². The summed E-state index contributed by atoms with van der Waals surface area (Å²) in [6.07, 6.45) is 16.6. The van der Waals surface area contributed by atoms with Gasteiger partial charge in [-0.15, -0.1) is 0 Å². The fraction of sp³-hybridized carbons (Fsp3) is 0.500. The van der Waals surface area contributed by atoms with Crippen LogP contribution in [0.2, 0.25) is 0 Å². The average molecular weight is 472 g/mol. The van der Waals surface area contributed by atoms with Crippen LogP contribution in [0.4, 0.5) is 4.79 Å². The van der Waals surface area contributed by atoms with Gasteiger partial charge in [0.2, 0.25) is 5.91 Å². The van der Waals surface area contributed by atoms with E-state index in [-0.39, 0.29) is 35.3 Å². The van der Waals surface area contributed by atoms with Crippen LogP contribution in [0.5, 0.6) is 0 Å². The van der Waals surface area contributed by atoms with E-state index in [2.05, 4.69) is 10.6 Å². The van der Waals surface area contributed by atoms with Crippen LogP contribution >= 0.6 is 0 Å². The molecule has 0 aromatic carbocycles. The molecule has 10 radical (unpaired) electrons. The molecule has 2 aliphatic carbocycles. The summed E-state index contributed by atoms with van der Waals surface area (Å²) in [5.41, 5.74) is -0.617. The number of carbonyl (C=O) groups excluding carboxylic acids is 2. The van der Waals surface area contributed by atoms with E-state index in [1.54, 1.807) is 20.8 Å². The molecule has 2 rings (SSSR count). The van der Waals surface area contributed by atoms with Gasteiger partial charge in [0.05, 0.1) is 18.6 Å². The largest absolute Gasteiger partial charge is 2.00 e. The van der Waals surface area contributed by atoms with Crippen molar-refractivity contribution in [1.82, 2.24) is 10.6 Å². The van der Waals surface area contributed by atoms with E-state index in [1.165, 1.54) is 0 Å². The maximum absolute atomic E-state index is 12.0. The summed E-state index contributed by atoms with van der Waals surface area (Å²) in [5.74, 6) is 1.00. The SMILES string of the molecule is CC(C)C[C@H](NC(=O)OC(C)(C)C)[C@@H](O)CC(=O)NC[C]1[CH][CH][CH][CH]1.[CH]1[CH][CH][CH][CH]1.[Fe+2]. The van der Waals surface area contributed by atoms with Crippen LogP contribution < -0.4 is 10.6 Å². The predicted molar refractivity (Wildman–Crippen MR) is 118 cm³/mol. The van der Waals surface area contributed by atoms with E-state index in [4.69, 9.17) is 4.74 Å². The summed E-state index contributed by atoms with van der Waals surface area (Å²) in [6.45, 7) is 9.73. The Morgan fingerprint density at radius 1 is 1.00 bits per heavy atom. The summed E-state index contributed by atoms with van der Waals surface area (Å²) in [4.78, 5) is 24.0. The fourth-order valence-electron chi connectivity index (χ4n) is 2.74. The molecule has 2 saturated carbocycles. The number of hydrogen-bond donors (Lipinski definition) is 3. The standard InChI is InChI=1S/C19H31N2O4.C5H5.Fe/c1-13(2)10-15(21-18(24)25-19(3,4)5)16(22)11-17(23)20-12-14-8-6-7-9-14;1-2-4-5-3-1;/h6-9,13,15-16,22H,10-12H2,1-5H3,(H,20,23)(H,21,24);1-5H;/q;;+2/t15-,16-;;/m0../s1. The molecule has 0 heterocycles. The molecule has 172 valence electrons. The Labute approximate surface area is 200 Å².